The lowest BCUT2D eigenvalue weighted by Gasteiger charge is -2.19. The fourth-order valence-corrected chi connectivity index (χ4v) is 1.67. The predicted molar refractivity (Wildman–Crippen MR) is 85.4 cm³/mol. The van der Waals surface area contributed by atoms with Crippen molar-refractivity contribution in [2.24, 2.45) is 0 Å². The Morgan fingerprint density at radius 2 is 2.00 bits per heavy atom. The highest BCUT2D eigenvalue weighted by molar-refractivity contribution is 7.98. The highest BCUT2D eigenvalue weighted by Gasteiger charge is 2.11. The molecular weight excluding hydrogens is 308 g/mol. The number of amides is 1. The van der Waals surface area contributed by atoms with E-state index in [1.807, 2.05) is 13.3 Å². The maximum atomic E-state index is 11.4. The Kier molecular flexibility index (Phi) is 7.67. The number of ether oxygens (including phenoxy) is 2. The van der Waals surface area contributed by atoms with Gasteiger partial charge in [0.2, 0.25) is 11.9 Å². The molecule has 0 saturated heterocycles. The summed E-state index contributed by atoms with van der Waals surface area (Å²) >= 11 is 1.42. The third-order valence-electron chi connectivity index (χ3n) is 2.52. The number of carbonyl (C=O) groups excluding carboxylic acids is 1. The Hall–Kier alpha value is -1.81. The van der Waals surface area contributed by atoms with Crippen molar-refractivity contribution in [2.45, 2.75) is 5.16 Å². The van der Waals surface area contributed by atoms with Crippen molar-refractivity contribution >= 4 is 29.8 Å². The Labute approximate surface area is 134 Å². The SMILES string of the molecule is COCNc1nc(SC)nc(N(C)CCOC(=O)N(C)C)n1. The van der Waals surface area contributed by atoms with Gasteiger partial charge in [-0.3, -0.25) is 0 Å². The largest absolute Gasteiger partial charge is 0.448 e. The number of anilines is 2. The number of thioether (sulfide) groups is 1. The maximum Gasteiger partial charge on any atom is 0.409 e. The molecule has 0 aliphatic heterocycles. The van der Waals surface area contributed by atoms with E-state index in [1.165, 1.54) is 16.7 Å². The molecule has 0 aliphatic carbocycles. The van der Waals surface area contributed by atoms with Gasteiger partial charge >= 0.3 is 6.09 Å². The minimum absolute atomic E-state index is 0.245. The molecule has 0 aliphatic rings. The van der Waals surface area contributed by atoms with Gasteiger partial charge in [0.15, 0.2) is 5.16 Å². The van der Waals surface area contributed by atoms with Crippen LogP contribution in [-0.2, 0) is 9.47 Å². The number of nitrogens with one attached hydrogen (secondary N) is 1. The number of methoxy groups -OCH3 is 1. The smallest absolute Gasteiger partial charge is 0.409 e. The quantitative estimate of drug-likeness (QED) is 0.547. The second kappa shape index (κ2) is 9.26. The fourth-order valence-electron chi connectivity index (χ4n) is 1.32. The standard InChI is InChI=1S/C12H22N6O3S/c1-17(2)12(19)21-7-6-18(3)10-14-9(13-8-20-4)15-11(16-10)22-5/h6-8H2,1-5H3,(H,13,14,15,16). The Morgan fingerprint density at radius 3 is 2.59 bits per heavy atom. The van der Waals surface area contributed by atoms with Crippen molar-refractivity contribution in [3.63, 3.8) is 0 Å². The molecule has 9 nitrogen and oxygen atoms in total. The van der Waals surface area contributed by atoms with Crippen LogP contribution in [0.4, 0.5) is 16.7 Å². The Balaban J connectivity index is 2.66. The molecule has 0 bridgehead atoms. The summed E-state index contributed by atoms with van der Waals surface area (Å²) in [5, 5.41) is 3.53. The number of nitrogens with zero attached hydrogens (tertiary/aromatic N) is 5. The molecule has 1 aromatic heterocycles. The number of hydrogen-bond donors (Lipinski definition) is 1. The molecule has 0 aromatic carbocycles. The van der Waals surface area contributed by atoms with Crippen LogP contribution in [0, 0.1) is 0 Å². The van der Waals surface area contributed by atoms with Gasteiger partial charge in [0.25, 0.3) is 0 Å². The highest BCUT2D eigenvalue weighted by atomic mass is 32.2. The minimum Gasteiger partial charge on any atom is -0.448 e. The lowest BCUT2D eigenvalue weighted by Crippen LogP contribution is -2.29. The first-order chi connectivity index (χ1) is 10.5. The van der Waals surface area contributed by atoms with Gasteiger partial charge in [0.05, 0.1) is 6.54 Å². The van der Waals surface area contributed by atoms with Gasteiger partial charge in [-0.2, -0.15) is 15.0 Å². The topological polar surface area (TPSA) is 92.7 Å². The van der Waals surface area contributed by atoms with Crippen molar-refractivity contribution in [1.82, 2.24) is 19.9 Å². The summed E-state index contributed by atoms with van der Waals surface area (Å²) < 4.78 is 10.0. The first-order valence-electron chi connectivity index (χ1n) is 6.56. The second-order valence-electron chi connectivity index (χ2n) is 4.49. The van der Waals surface area contributed by atoms with Crippen molar-refractivity contribution in [1.29, 1.82) is 0 Å². The van der Waals surface area contributed by atoms with Gasteiger partial charge in [-0.1, -0.05) is 11.8 Å². The zero-order valence-corrected chi connectivity index (χ0v) is 14.3. The summed E-state index contributed by atoms with van der Waals surface area (Å²) in [6, 6.07) is 0. The van der Waals surface area contributed by atoms with Crippen LogP contribution in [0.1, 0.15) is 0 Å². The predicted octanol–water partition coefficient (Wildman–Crippen LogP) is 0.744. The monoisotopic (exact) mass is 330 g/mol. The van der Waals surface area contributed by atoms with Gasteiger partial charge < -0.3 is 24.6 Å². The van der Waals surface area contributed by atoms with Gasteiger partial charge in [-0.15, -0.1) is 0 Å². The van der Waals surface area contributed by atoms with Crippen LogP contribution in [0.3, 0.4) is 0 Å². The van der Waals surface area contributed by atoms with Gasteiger partial charge in [-0.25, -0.2) is 4.79 Å². The lowest BCUT2D eigenvalue weighted by atomic mass is 10.6. The molecule has 0 radical (unpaired) electrons. The van der Waals surface area contributed by atoms with Crippen LogP contribution >= 0.6 is 11.8 Å². The molecule has 0 atom stereocenters. The molecule has 0 unspecified atom stereocenters. The third-order valence-corrected chi connectivity index (χ3v) is 3.07. The summed E-state index contributed by atoms with van der Waals surface area (Å²) in [6.07, 6.45) is 1.51. The zero-order valence-electron chi connectivity index (χ0n) is 13.5. The van der Waals surface area contributed by atoms with Crippen LogP contribution < -0.4 is 10.2 Å². The van der Waals surface area contributed by atoms with Crippen LogP contribution in [0.5, 0.6) is 0 Å². The minimum atomic E-state index is -0.378. The van der Waals surface area contributed by atoms with Crippen LogP contribution in [0.15, 0.2) is 5.16 Å². The van der Waals surface area contributed by atoms with Gasteiger partial charge in [0, 0.05) is 28.3 Å². The number of carbonyl (C=O) groups is 1. The zero-order chi connectivity index (χ0) is 16.5. The van der Waals surface area contributed by atoms with Gasteiger partial charge in [-0.05, 0) is 6.26 Å². The third kappa shape index (κ3) is 5.90. The maximum absolute atomic E-state index is 11.4. The van der Waals surface area contributed by atoms with E-state index in [2.05, 4.69) is 20.3 Å². The van der Waals surface area contributed by atoms with Crippen molar-refractivity contribution in [2.75, 3.05) is 64.6 Å². The van der Waals surface area contributed by atoms with E-state index in [-0.39, 0.29) is 12.7 Å². The molecule has 22 heavy (non-hydrogen) atoms. The molecule has 1 N–H and O–H groups in total. The number of rotatable bonds is 8. The van der Waals surface area contributed by atoms with E-state index in [1.54, 1.807) is 26.1 Å². The number of aromatic nitrogens is 3. The molecule has 124 valence electrons. The summed E-state index contributed by atoms with van der Waals surface area (Å²) in [4.78, 5) is 27.4. The number of hydrogen-bond acceptors (Lipinski definition) is 9. The summed E-state index contributed by atoms with van der Waals surface area (Å²) in [6.45, 7) is 1.02. The molecule has 0 fully saturated rings. The van der Waals surface area contributed by atoms with E-state index < -0.39 is 0 Å². The Morgan fingerprint density at radius 1 is 1.27 bits per heavy atom. The van der Waals surface area contributed by atoms with E-state index in [4.69, 9.17) is 9.47 Å². The summed E-state index contributed by atoms with van der Waals surface area (Å²) in [5.74, 6) is 0.937. The van der Waals surface area contributed by atoms with Crippen LogP contribution in [-0.4, -0.2) is 80.3 Å². The summed E-state index contributed by atoms with van der Waals surface area (Å²) in [7, 11) is 6.67. The van der Waals surface area contributed by atoms with Gasteiger partial charge in [0.1, 0.15) is 13.3 Å². The first-order valence-corrected chi connectivity index (χ1v) is 7.78. The number of likely N-dealkylation sites (N-methyl/N-ethyl adjacent to an activating group) is 1. The van der Waals surface area contributed by atoms with E-state index in [0.717, 1.165) is 0 Å². The molecule has 0 saturated carbocycles. The fraction of sp³-hybridized carbons (Fsp3) is 0.667. The molecule has 1 amide bonds. The van der Waals surface area contributed by atoms with Crippen LogP contribution in [0.2, 0.25) is 0 Å². The molecule has 0 spiro atoms. The normalized spacial score (nSPS) is 10.2. The van der Waals surface area contributed by atoms with Crippen LogP contribution in [0.25, 0.3) is 0 Å². The van der Waals surface area contributed by atoms with Crippen molar-refractivity contribution < 1.29 is 14.3 Å². The average molecular weight is 330 g/mol. The lowest BCUT2D eigenvalue weighted by molar-refractivity contribution is 0.121. The van der Waals surface area contributed by atoms with Crippen molar-refractivity contribution in [3.05, 3.63) is 0 Å². The molecule has 1 rings (SSSR count). The molecular formula is C12H22N6O3S. The van der Waals surface area contributed by atoms with Crippen molar-refractivity contribution in [3.8, 4) is 0 Å². The van der Waals surface area contributed by atoms with E-state index >= 15 is 0 Å². The summed E-state index contributed by atoms with van der Waals surface area (Å²) in [5.41, 5.74) is 0. The second-order valence-corrected chi connectivity index (χ2v) is 5.26. The first kappa shape index (κ1) is 18.2. The van der Waals surface area contributed by atoms with E-state index in [0.29, 0.717) is 30.3 Å². The average Bonchev–Trinajstić information content (AvgIpc) is 2.52. The van der Waals surface area contributed by atoms with E-state index in [9.17, 15) is 4.79 Å². The molecule has 1 aromatic rings. The molecule has 1 heterocycles. The highest BCUT2D eigenvalue weighted by Crippen LogP contribution is 2.15. The molecule has 10 heteroatoms. The Bertz CT molecular complexity index is 488.